The number of hydrogen-bond acceptors (Lipinski definition) is 5. The van der Waals surface area contributed by atoms with Crippen LogP contribution in [0.5, 0.6) is 10.9 Å². The number of ether oxygens (including phenoxy) is 1. The van der Waals surface area contributed by atoms with Crippen molar-refractivity contribution in [2.24, 2.45) is 5.92 Å². The summed E-state index contributed by atoms with van der Waals surface area (Å²) in [6.07, 6.45) is 1.93. The number of nitrogens with zero attached hydrogens (tertiary/aromatic N) is 3. The van der Waals surface area contributed by atoms with Crippen LogP contribution in [0.15, 0.2) is 30.5 Å². The Labute approximate surface area is 150 Å². The van der Waals surface area contributed by atoms with Gasteiger partial charge in [0.25, 0.3) is 5.19 Å². The fourth-order valence-electron chi connectivity index (χ4n) is 2.08. The van der Waals surface area contributed by atoms with Gasteiger partial charge in [-0.2, -0.15) is 0 Å². The van der Waals surface area contributed by atoms with Crippen LogP contribution >= 0.6 is 11.3 Å². The third-order valence-electron chi connectivity index (χ3n) is 3.64. The molecular weight excluding hydrogens is 336 g/mol. The molecule has 3 rings (SSSR count). The van der Waals surface area contributed by atoms with E-state index in [1.807, 2.05) is 32.2 Å². The molecule has 0 aliphatic rings. The van der Waals surface area contributed by atoms with Crippen LogP contribution in [0.25, 0.3) is 4.96 Å². The third-order valence-corrected chi connectivity index (χ3v) is 4.44. The molecule has 1 N–H and O–H groups in total. The Kier molecular flexibility index (Phi) is 4.51. The molecule has 0 atom stereocenters. The molecule has 0 bridgehead atoms. The van der Waals surface area contributed by atoms with Crippen LogP contribution in [-0.2, 0) is 10.2 Å². The Morgan fingerprint density at radius 3 is 2.48 bits per heavy atom. The van der Waals surface area contributed by atoms with Crippen molar-refractivity contribution in [3.63, 3.8) is 0 Å². The highest BCUT2D eigenvalue weighted by Crippen LogP contribution is 2.30. The first-order valence-corrected chi connectivity index (χ1v) is 8.99. The van der Waals surface area contributed by atoms with Gasteiger partial charge in [0.05, 0.1) is 11.9 Å². The fourth-order valence-corrected chi connectivity index (χ4v) is 2.83. The van der Waals surface area contributed by atoms with Gasteiger partial charge < -0.3 is 10.1 Å². The predicted molar refractivity (Wildman–Crippen MR) is 99.5 cm³/mol. The lowest BCUT2D eigenvalue weighted by atomic mass is 9.93. The first-order chi connectivity index (χ1) is 11.7. The molecule has 0 spiro atoms. The molecule has 132 valence electrons. The van der Waals surface area contributed by atoms with E-state index in [4.69, 9.17) is 4.74 Å². The fraction of sp³-hybridized carbons (Fsp3) is 0.389. The summed E-state index contributed by atoms with van der Waals surface area (Å²) in [5.41, 5.74) is 1.74. The predicted octanol–water partition coefficient (Wildman–Crippen LogP) is 4.48. The molecule has 1 aromatic carbocycles. The minimum absolute atomic E-state index is 0.00923. The van der Waals surface area contributed by atoms with Crippen molar-refractivity contribution in [1.29, 1.82) is 0 Å². The average molecular weight is 358 g/mol. The summed E-state index contributed by atoms with van der Waals surface area (Å²) in [4.78, 5) is 17.1. The quantitative estimate of drug-likeness (QED) is 0.747. The van der Waals surface area contributed by atoms with Crippen LogP contribution in [0.1, 0.15) is 40.3 Å². The summed E-state index contributed by atoms with van der Waals surface area (Å²) in [5, 5.41) is 7.79. The van der Waals surface area contributed by atoms with E-state index in [0.717, 1.165) is 16.3 Å². The van der Waals surface area contributed by atoms with E-state index in [1.165, 1.54) is 11.3 Å². The first kappa shape index (κ1) is 17.4. The van der Waals surface area contributed by atoms with E-state index in [-0.39, 0.29) is 17.2 Å². The molecule has 0 aliphatic heterocycles. The van der Waals surface area contributed by atoms with E-state index in [0.29, 0.717) is 10.9 Å². The van der Waals surface area contributed by atoms with Crippen molar-refractivity contribution in [2.75, 3.05) is 5.32 Å². The maximum absolute atomic E-state index is 11.7. The monoisotopic (exact) mass is 358 g/mol. The lowest BCUT2D eigenvalue weighted by molar-refractivity contribution is -0.118. The van der Waals surface area contributed by atoms with Crippen LogP contribution in [-0.4, -0.2) is 20.5 Å². The molecule has 0 radical (unpaired) electrons. The van der Waals surface area contributed by atoms with E-state index in [1.54, 1.807) is 16.6 Å². The van der Waals surface area contributed by atoms with Gasteiger partial charge in [-0.25, -0.2) is 9.50 Å². The number of aromatic nitrogens is 3. The average Bonchev–Trinajstić information content (AvgIpc) is 3.07. The number of carbonyl (C=O) groups is 1. The molecule has 0 saturated heterocycles. The van der Waals surface area contributed by atoms with Crippen molar-refractivity contribution >= 4 is 27.9 Å². The second-order valence-corrected chi connectivity index (χ2v) is 8.16. The van der Waals surface area contributed by atoms with Crippen LogP contribution in [0.4, 0.5) is 5.69 Å². The third kappa shape index (κ3) is 3.99. The molecule has 0 aliphatic carbocycles. The van der Waals surface area contributed by atoms with Crippen LogP contribution in [0.2, 0.25) is 0 Å². The number of rotatable bonds is 4. The van der Waals surface area contributed by atoms with Crippen molar-refractivity contribution in [3.8, 4) is 10.9 Å². The highest BCUT2D eigenvalue weighted by molar-refractivity contribution is 7.18. The van der Waals surface area contributed by atoms with Crippen LogP contribution in [0.3, 0.4) is 0 Å². The number of fused-ring (bicyclic) bond motifs is 1. The zero-order valence-corrected chi connectivity index (χ0v) is 15.8. The van der Waals surface area contributed by atoms with Crippen molar-refractivity contribution in [3.05, 3.63) is 36.2 Å². The topological polar surface area (TPSA) is 68.5 Å². The summed E-state index contributed by atoms with van der Waals surface area (Å²) in [6, 6.07) is 7.24. The van der Waals surface area contributed by atoms with Crippen LogP contribution < -0.4 is 10.1 Å². The summed E-state index contributed by atoms with van der Waals surface area (Å²) in [7, 11) is 0. The highest BCUT2D eigenvalue weighted by atomic mass is 32.1. The number of benzene rings is 1. The van der Waals surface area contributed by atoms with E-state index >= 15 is 0 Å². The molecule has 7 heteroatoms. The lowest BCUT2D eigenvalue weighted by Gasteiger charge is -2.13. The smallest absolute Gasteiger partial charge is 0.299 e. The van der Waals surface area contributed by atoms with Gasteiger partial charge in [0, 0.05) is 17.0 Å². The standard InChI is InChI=1S/C18H22N4O2S/c1-11(2)15(23)19-12-6-8-13(9-7-12)24-17-21-22-10-14(18(3,4)5)20-16(22)25-17/h6-11H,1-5H3,(H,19,23). The SMILES string of the molecule is CC(C)C(=O)Nc1ccc(Oc2nn3cc(C(C)(C)C)nc3s2)cc1. The van der Waals surface area contributed by atoms with Gasteiger partial charge in [-0.1, -0.05) is 34.6 Å². The first-order valence-electron chi connectivity index (χ1n) is 8.18. The van der Waals surface area contributed by atoms with Gasteiger partial charge in [0.15, 0.2) is 0 Å². The molecule has 0 unspecified atom stereocenters. The molecule has 1 amide bonds. The van der Waals surface area contributed by atoms with E-state index in [9.17, 15) is 4.79 Å². The van der Waals surface area contributed by atoms with Gasteiger partial charge in [-0.3, -0.25) is 4.79 Å². The molecule has 0 saturated carbocycles. The molecule has 3 aromatic rings. The van der Waals surface area contributed by atoms with Gasteiger partial charge in [0.1, 0.15) is 5.75 Å². The minimum Gasteiger partial charge on any atom is -0.430 e. The largest absolute Gasteiger partial charge is 0.430 e. The van der Waals surface area contributed by atoms with Crippen molar-refractivity contribution in [2.45, 2.75) is 40.0 Å². The molecule has 25 heavy (non-hydrogen) atoms. The van der Waals surface area contributed by atoms with E-state index in [2.05, 4.69) is 36.2 Å². The van der Waals surface area contributed by atoms with Crippen molar-refractivity contribution < 1.29 is 9.53 Å². The second kappa shape index (κ2) is 6.48. The second-order valence-electron chi connectivity index (χ2n) is 7.24. The molecule has 2 aromatic heterocycles. The Morgan fingerprint density at radius 1 is 1.24 bits per heavy atom. The molecule has 6 nitrogen and oxygen atoms in total. The molecule has 0 fully saturated rings. The van der Waals surface area contributed by atoms with Gasteiger partial charge in [0.2, 0.25) is 10.9 Å². The lowest BCUT2D eigenvalue weighted by Crippen LogP contribution is -2.17. The number of hydrogen-bond donors (Lipinski definition) is 1. The summed E-state index contributed by atoms with van der Waals surface area (Å²) < 4.78 is 7.54. The van der Waals surface area contributed by atoms with Gasteiger partial charge in [-0.05, 0) is 35.6 Å². The molecule has 2 heterocycles. The number of carbonyl (C=O) groups excluding carboxylic acids is 1. The maximum Gasteiger partial charge on any atom is 0.299 e. The van der Waals surface area contributed by atoms with Gasteiger partial charge in [-0.15, -0.1) is 5.10 Å². The number of nitrogens with one attached hydrogen (secondary N) is 1. The summed E-state index contributed by atoms with van der Waals surface area (Å²) >= 11 is 1.40. The highest BCUT2D eigenvalue weighted by Gasteiger charge is 2.19. The van der Waals surface area contributed by atoms with E-state index < -0.39 is 0 Å². The summed E-state index contributed by atoms with van der Waals surface area (Å²) in [6.45, 7) is 10.1. The number of anilines is 1. The molecular formula is C18H22N4O2S. The normalized spacial score (nSPS) is 11.9. The van der Waals surface area contributed by atoms with Crippen LogP contribution in [0, 0.1) is 5.92 Å². The Morgan fingerprint density at radius 2 is 1.92 bits per heavy atom. The Balaban J connectivity index is 1.71. The maximum atomic E-state index is 11.7. The zero-order valence-electron chi connectivity index (χ0n) is 15.0. The zero-order chi connectivity index (χ0) is 18.2. The minimum atomic E-state index is -0.0551. The van der Waals surface area contributed by atoms with Crippen molar-refractivity contribution in [1.82, 2.24) is 14.6 Å². The Bertz CT molecular complexity index is 857. The van der Waals surface area contributed by atoms with Gasteiger partial charge >= 0.3 is 0 Å². The Hall–Kier alpha value is -2.41. The number of amides is 1. The number of imidazole rings is 1. The summed E-state index contributed by atoms with van der Waals surface area (Å²) in [5.74, 6) is 0.598.